The summed E-state index contributed by atoms with van der Waals surface area (Å²) in [5.41, 5.74) is 7.49. The molecular formula is C13H12N4O2S. The molecular weight excluding hydrogens is 276 g/mol. The van der Waals surface area contributed by atoms with E-state index in [4.69, 9.17) is 15.7 Å². The number of aliphatic hydroxyl groups excluding tert-OH is 1. The summed E-state index contributed by atoms with van der Waals surface area (Å²) < 4.78 is 0.998. The van der Waals surface area contributed by atoms with Gasteiger partial charge in [0, 0.05) is 5.39 Å². The summed E-state index contributed by atoms with van der Waals surface area (Å²) in [5.74, 6) is 0.417. The lowest BCUT2D eigenvalue weighted by molar-refractivity contribution is 0.130. The molecule has 0 aliphatic carbocycles. The molecule has 20 heavy (non-hydrogen) atoms. The molecule has 0 amide bonds. The molecule has 0 saturated carbocycles. The summed E-state index contributed by atoms with van der Waals surface area (Å²) in [6.07, 6.45) is 1.28. The van der Waals surface area contributed by atoms with Crippen molar-refractivity contribution in [1.82, 2.24) is 9.97 Å². The van der Waals surface area contributed by atoms with E-state index in [1.807, 2.05) is 24.3 Å². The standard InChI is InChI=1S/C13H12N4O2S/c14-13-11-12(8-3-1-2-4-9(8)16-13)20-10(17-11)7-19-15-5-6-18/h1-5,18H,6-7H2,(H2,14,16)/b15-5+. The number of aromatic nitrogens is 2. The van der Waals surface area contributed by atoms with Crippen molar-refractivity contribution in [1.29, 1.82) is 0 Å². The molecule has 3 rings (SSSR count). The van der Waals surface area contributed by atoms with Crippen molar-refractivity contribution in [3.05, 3.63) is 29.3 Å². The van der Waals surface area contributed by atoms with Gasteiger partial charge in [-0.1, -0.05) is 23.4 Å². The fourth-order valence-electron chi connectivity index (χ4n) is 1.91. The number of nitrogen functional groups attached to an aromatic ring is 1. The number of rotatable bonds is 4. The molecule has 3 aromatic rings. The summed E-state index contributed by atoms with van der Waals surface area (Å²) in [4.78, 5) is 13.8. The van der Waals surface area contributed by atoms with Crippen LogP contribution >= 0.6 is 11.3 Å². The Morgan fingerprint density at radius 2 is 2.20 bits per heavy atom. The minimum absolute atomic E-state index is 0.151. The Balaban J connectivity index is 2.03. The molecule has 0 radical (unpaired) electrons. The molecule has 1 aromatic carbocycles. The second-order valence-electron chi connectivity index (χ2n) is 4.04. The van der Waals surface area contributed by atoms with E-state index in [9.17, 15) is 0 Å². The number of fused-ring (bicyclic) bond motifs is 3. The highest BCUT2D eigenvalue weighted by Gasteiger charge is 2.12. The van der Waals surface area contributed by atoms with Crippen LogP contribution in [0, 0.1) is 0 Å². The molecule has 0 aliphatic rings. The molecule has 2 aromatic heterocycles. The van der Waals surface area contributed by atoms with Gasteiger partial charge in [-0.2, -0.15) is 0 Å². The Kier molecular flexibility index (Phi) is 3.44. The van der Waals surface area contributed by atoms with Gasteiger partial charge in [0.05, 0.1) is 23.0 Å². The fourth-order valence-corrected chi connectivity index (χ4v) is 2.92. The van der Waals surface area contributed by atoms with Crippen LogP contribution in [0.25, 0.3) is 21.1 Å². The number of hydrogen-bond acceptors (Lipinski definition) is 7. The van der Waals surface area contributed by atoms with Gasteiger partial charge >= 0.3 is 0 Å². The summed E-state index contributed by atoms with van der Waals surface area (Å²) in [5, 5.41) is 13.9. The van der Waals surface area contributed by atoms with Crippen LogP contribution in [0.15, 0.2) is 29.4 Å². The first-order valence-electron chi connectivity index (χ1n) is 5.98. The lowest BCUT2D eigenvalue weighted by Gasteiger charge is -1.99. The predicted molar refractivity (Wildman–Crippen MR) is 79.7 cm³/mol. The van der Waals surface area contributed by atoms with E-state index in [1.54, 1.807) is 0 Å². The Hall–Kier alpha value is -2.25. The fraction of sp³-hybridized carbons (Fsp3) is 0.154. The smallest absolute Gasteiger partial charge is 0.168 e. The molecule has 102 valence electrons. The summed E-state index contributed by atoms with van der Waals surface area (Å²) >= 11 is 1.51. The normalized spacial score (nSPS) is 11.7. The quantitative estimate of drug-likeness (QED) is 0.565. The number of nitrogens with two attached hydrogens (primary N) is 1. The SMILES string of the molecule is Nc1nc2ccccc2c2sc(CO/N=C/CO)nc12. The van der Waals surface area contributed by atoms with Crippen LogP contribution in [0.2, 0.25) is 0 Å². The van der Waals surface area contributed by atoms with E-state index in [0.29, 0.717) is 11.3 Å². The molecule has 3 N–H and O–H groups in total. The van der Waals surface area contributed by atoms with Crippen molar-refractivity contribution < 1.29 is 9.94 Å². The average molecular weight is 288 g/mol. The van der Waals surface area contributed by atoms with E-state index in [2.05, 4.69) is 15.1 Å². The van der Waals surface area contributed by atoms with Crippen LogP contribution in [-0.4, -0.2) is 27.9 Å². The zero-order chi connectivity index (χ0) is 13.9. The topological polar surface area (TPSA) is 93.6 Å². The Bertz CT molecular complexity index is 784. The number of pyridine rings is 1. The molecule has 0 fully saturated rings. The third-order valence-corrected chi connectivity index (χ3v) is 3.78. The number of nitrogens with zero attached hydrogens (tertiary/aromatic N) is 3. The van der Waals surface area contributed by atoms with Gasteiger partial charge in [0.15, 0.2) is 12.4 Å². The first-order chi connectivity index (χ1) is 9.79. The van der Waals surface area contributed by atoms with Crippen molar-refractivity contribution in [2.45, 2.75) is 6.61 Å². The number of hydrogen-bond donors (Lipinski definition) is 2. The largest absolute Gasteiger partial charge is 0.391 e. The van der Waals surface area contributed by atoms with Crippen molar-refractivity contribution in [3.63, 3.8) is 0 Å². The van der Waals surface area contributed by atoms with E-state index in [-0.39, 0.29) is 13.2 Å². The number of benzene rings is 1. The number of thiazole rings is 1. The summed E-state index contributed by atoms with van der Waals surface area (Å²) in [6, 6.07) is 7.81. The maximum Gasteiger partial charge on any atom is 0.168 e. The van der Waals surface area contributed by atoms with Crippen LogP contribution in [-0.2, 0) is 11.4 Å². The maximum atomic E-state index is 8.57. The molecule has 7 heteroatoms. The van der Waals surface area contributed by atoms with Crippen LogP contribution in [0.5, 0.6) is 0 Å². The number of oxime groups is 1. The third kappa shape index (κ3) is 2.28. The second kappa shape index (κ2) is 5.40. The number of anilines is 1. The highest BCUT2D eigenvalue weighted by Crippen LogP contribution is 2.32. The van der Waals surface area contributed by atoms with E-state index in [0.717, 1.165) is 20.6 Å². The third-order valence-electron chi connectivity index (χ3n) is 2.72. The zero-order valence-corrected chi connectivity index (χ0v) is 11.3. The van der Waals surface area contributed by atoms with E-state index < -0.39 is 0 Å². The molecule has 6 nitrogen and oxygen atoms in total. The van der Waals surface area contributed by atoms with Gasteiger partial charge in [0.2, 0.25) is 0 Å². The van der Waals surface area contributed by atoms with Gasteiger partial charge < -0.3 is 15.7 Å². The number of para-hydroxylation sites is 1. The minimum Gasteiger partial charge on any atom is -0.391 e. The molecule has 0 aliphatic heterocycles. The maximum absolute atomic E-state index is 8.57. The molecule has 0 bridgehead atoms. The highest BCUT2D eigenvalue weighted by molar-refractivity contribution is 7.19. The lowest BCUT2D eigenvalue weighted by Crippen LogP contribution is -1.93. The van der Waals surface area contributed by atoms with Gasteiger partial charge in [-0.05, 0) is 6.07 Å². The molecule has 0 atom stereocenters. The van der Waals surface area contributed by atoms with Crippen molar-refractivity contribution in [2.75, 3.05) is 12.3 Å². The lowest BCUT2D eigenvalue weighted by atomic mass is 10.2. The van der Waals surface area contributed by atoms with Crippen LogP contribution in [0.3, 0.4) is 0 Å². The van der Waals surface area contributed by atoms with Gasteiger partial charge in [-0.15, -0.1) is 11.3 Å². The Morgan fingerprint density at radius 1 is 1.35 bits per heavy atom. The van der Waals surface area contributed by atoms with Crippen molar-refractivity contribution >= 4 is 44.5 Å². The van der Waals surface area contributed by atoms with E-state index in [1.165, 1.54) is 17.6 Å². The molecule has 0 saturated heterocycles. The Labute approximate surface area is 118 Å². The zero-order valence-electron chi connectivity index (χ0n) is 10.5. The van der Waals surface area contributed by atoms with Crippen LogP contribution in [0.1, 0.15) is 5.01 Å². The summed E-state index contributed by atoms with van der Waals surface area (Å²) in [7, 11) is 0. The van der Waals surface area contributed by atoms with Gasteiger partial charge in [0.25, 0.3) is 0 Å². The number of aliphatic hydroxyl groups is 1. The first kappa shape index (κ1) is 12.8. The van der Waals surface area contributed by atoms with Crippen LogP contribution < -0.4 is 5.73 Å². The Morgan fingerprint density at radius 3 is 3.05 bits per heavy atom. The minimum atomic E-state index is -0.151. The monoisotopic (exact) mass is 288 g/mol. The predicted octanol–water partition coefficient (Wildman–Crippen LogP) is 1.92. The molecule has 2 heterocycles. The van der Waals surface area contributed by atoms with Crippen molar-refractivity contribution in [3.8, 4) is 0 Å². The summed E-state index contributed by atoms with van der Waals surface area (Å²) in [6.45, 7) is 0.0883. The second-order valence-corrected chi connectivity index (χ2v) is 5.13. The van der Waals surface area contributed by atoms with Gasteiger partial charge in [-0.25, -0.2) is 9.97 Å². The van der Waals surface area contributed by atoms with E-state index >= 15 is 0 Å². The first-order valence-corrected chi connectivity index (χ1v) is 6.79. The highest BCUT2D eigenvalue weighted by atomic mass is 32.1. The van der Waals surface area contributed by atoms with Gasteiger partial charge in [0.1, 0.15) is 10.5 Å². The average Bonchev–Trinajstić information content (AvgIpc) is 2.89. The van der Waals surface area contributed by atoms with Crippen molar-refractivity contribution in [2.24, 2.45) is 5.16 Å². The van der Waals surface area contributed by atoms with Gasteiger partial charge in [-0.3, -0.25) is 0 Å². The molecule has 0 unspecified atom stereocenters. The molecule has 0 spiro atoms. The van der Waals surface area contributed by atoms with Crippen LogP contribution in [0.4, 0.5) is 5.82 Å².